The van der Waals surface area contributed by atoms with Crippen LogP contribution in [0.3, 0.4) is 0 Å². The lowest BCUT2D eigenvalue weighted by Gasteiger charge is -2.32. The van der Waals surface area contributed by atoms with E-state index in [2.05, 4.69) is 4.98 Å². The average Bonchev–Trinajstić information content (AvgIpc) is 2.82. The van der Waals surface area contributed by atoms with Gasteiger partial charge in [-0.1, -0.05) is 18.2 Å². The molecule has 3 rings (SSSR count). The highest BCUT2D eigenvalue weighted by Crippen LogP contribution is 2.18. The quantitative estimate of drug-likeness (QED) is 0.834. The van der Waals surface area contributed by atoms with Crippen LogP contribution in [0, 0.1) is 0 Å². The normalized spacial score (nSPS) is 20.3. The third-order valence-electron chi connectivity index (χ3n) is 3.39. The van der Waals surface area contributed by atoms with Crippen molar-refractivity contribution in [2.24, 2.45) is 0 Å². The molecule has 1 fully saturated rings. The first-order chi connectivity index (χ1) is 8.75. The Hall–Kier alpha value is -1.81. The summed E-state index contributed by atoms with van der Waals surface area (Å²) in [5.74, 6) is 0.0574. The van der Waals surface area contributed by atoms with Gasteiger partial charge in [0.1, 0.15) is 5.69 Å². The monoisotopic (exact) mass is 244 g/mol. The summed E-state index contributed by atoms with van der Waals surface area (Å²) < 4.78 is 5.35. The van der Waals surface area contributed by atoms with Crippen molar-refractivity contribution in [3.8, 4) is 0 Å². The van der Waals surface area contributed by atoms with Gasteiger partial charge < -0.3 is 14.6 Å². The molecule has 0 saturated carbocycles. The molecular formula is C14H16N2O2. The largest absolute Gasteiger partial charge is 0.377 e. The minimum absolute atomic E-state index is 0.0574. The molecule has 1 aromatic carbocycles. The summed E-state index contributed by atoms with van der Waals surface area (Å²) in [5, 5.41) is 1.07. The number of aromatic amines is 1. The maximum atomic E-state index is 12.4. The molecule has 0 unspecified atom stereocenters. The molecule has 1 aliphatic heterocycles. The summed E-state index contributed by atoms with van der Waals surface area (Å²) >= 11 is 0. The van der Waals surface area contributed by atoms with Crippen molar-refractivity contribution in [3.63, 3.8) is 0 Å². The van der Waals surface area contributed by atoms with Crippen LogP contribution in [0.15, 0.2) is 30.3 Å². The van der Waals surface area contributed by atoms with Gasteiger partial charge in [0.25, 0.3) is 5.91 Å². The van der Waals surface area contributed by atoms with Gasteiger partial charge in [-0.15, -0.1) is 0 Å². The minimum atomic E-state index is 0.0574. The Morgan fingerprint density at radius 1 is 1.44 bits per heavy atom. The molecule has 2 heterocycles. The van der Waals surface area contributed by atoms with Crippen molar-refractivity contribution in [1.29, 1.82) is 0 Å². The number of nitrogens with zero attached hydrogens (tertiary/aromatic N) is 1. The second-order valence-corrected chi connectivity index (χ2v) is 4.69. The second kappa shape index (κ2) is 4.46. The lowest BCUT2D eigenvalue weighted by molar-refractivity contribution is 0.00332. The molecule has 1 atom stereocenters. The minimum Gasteiger partial charge on any atom is -0.377 e. The van der Waals surface area contributed by atoms with Gasteiger partial charge in [-0.3, -0.25) is 4.79 Å². The number of benzene rings is 1. The van der Waals surface area contributed by atoms with Gasteiger partial charge in [0.15, 0.2) is 0 Å². The van der Waals surface area contributed by atoms with Crippen LogP contribution in [0.5, 0.6) is 0 Å². The molecule has 0 spiro atoms. The number of hydrogen-bond donors (Lipinski definition) is 1. The molecule has 4 heteroatoms. The summed E-state index contributed by atoms with van der Waals surface area (Å²) in [5.41, 5.74) is 1.66. The van der Waals surface area contributed by atoms with E-state index in [4.69, 9.17) is 4.74 Å². The van der Waals surface area contributed by atoms with E-state index in [1.165, 1.54) is 0 Å². The van der Waals surface area contributed by atoms with Crippen LogP contribution in [0.2, 0.25) is 0 Å². The Morgan fingerprint density at radius 3 is 3.06 bits per heavy atom. The van der Waals surface area contributed by atoms with Crippen LogP contribution < -0.4 is 0 Å². The third kappa shape index (κ3) is 1.88. The molecule has 4 nitrogen and oxygen atoms in total. The summed E-state index contributed by atoms with van der Waals surface area (Å²) in [6, 6.07) is 9.98. The number of aromatic nitrogens is 1. The summed E-state index contributed by atoms with van der Waals surface area (Å²) in [4.78, 5) is 17.5. The molecule has 0 aliphatic carbocycles. The van der Waals surface area contributed by atoms with E-state index in [9.17, 15) is 4.79 Å². The maximum absolute atomic E-state index is 12.4. The lowest BCUT2D eigenvalue weighted by Crippen LogP contribution is -2.47. The van der Waals surface area contributed by atoms with E-state index in [0.29, 0.717) is 25.5 Å². The van der Waals surface area contributed by atoms with Crippen molar-refractivity contribution >= 4 is 16.8 Å². The highest BCUT2D eigenvalue weighted by Gasteiger charge is 2.25. The molecule has 1 aromatic heterocycles. The predicted molar refractivity (Wildman–Crippen MR) is 69.6 cm³/mol. The fourth-order valence-corrected chi connectivity index (χ4v) is 2.37. The molecule has 0 radical (unpaired) electrons. The fraction of sp³-hybridized carbons (Fsp3) is 0.357. The van der Waals surface area contributed by atoms with Crippen LogP contribution >= 0.6 is 0 Å². The van der Waals surface area contributed by atoms with Crippen molar-refractivity contribution < 1.29 is 9.53 Å². The van der Waals surface area contributed by atoms with Crippen LogP contribution in [0.1, 0.15) is 17.4 Å². The number of fused-ring (bicyclic) bond motifs is 1. The fourth-order valence-electron chi connectivity index (χ4n) is 2.37. The molecule has 2 aromatic rings. The molecule has 18 heavy (non-hydrogen) atoms. The van der Waals surface area contributed by atoms with Crippen LogP contribution in [0.4, 0.5) is 0 Å². The van der Waals surface area contributed by atoms with E-state index in [1.807, 2.05) is 42.2 Å². The Bertz CT molecular complexity index is 543. The van der Waals surface area contributed by atoms with Gasteiger partial charge >= 0.3 is 0 Å². The van der Waals surface area contributed by atoms with E-state index in [1.54, 1.807) is 0 Å². The van der Waals surface area contributed by atoms with Crippen molar-refractivity contribution in [2.75, 3.05) is 19.8 Å². The smallest absolute Gasteiger partial charge is 0.270 e. The number of morpholine rings is 1. The highest BCUT2D eigenvalue weighted by atomic mass is 16.5. The molecule has 94 valence electrons. The Labute approximate surface area is 106 Å². The molecule has 1 amide bonds. The van der Waals surface area contributed by atoms with Crippen molar-refractivity contribution in [2.45, 2.75) is 13.0 Å². The zero-order chi connectivity index (χ0) is 12.5. The van der Waals surface area contributed by atoms with Crippen LogP contribution in [-0.4, -0.2) is 41.6 Å². The first kappa shape index (κ1) is 11.3. The van der Waals surface area contributed by atoms with Crippen molar-refractivity contribution in [1.82, 2.24) is 9.88 Å². The van der Waals surface area contributed by atoms with E-state index in [0.717, 1.165) is 10.9 Å². The second-order valence-electron chi connectivity index (χ2n) is 4.69. The van der Waals surface area contributed by atoms with Gasteiger partial charge in [-0.05, 0) is 19.1 Å². The van der Waals surface area contributed by atoms with E-state index >= 15 is 0 Å². The number of carbonyl (C=O) groups excluding carboxylic acids is 1. The van der Waals surface area contributed by atoms with Gasteiger partial charge in [-0.25, -0.2) is 0 Å². The third-order valence-corrected chi connectivity index (χ3v) is 3.39. The summed E-state index contributed by atoms with van der Waals surface area (Å²) in [7, 11) is 0. The number of carbonyl (C=O) groups is 1. The Morgan fingerprint density at radius 2 is 2.28 bits per heavy atom. The molecule has 1 saturated heterocycles. The average molecular weight is 244 g/mol. The first-order valence-electron chi connectivity index (χ1n) is 6.22. The van der Waals surface area contributed by atoms with Gasteiger partial charge in [0.2, 0.25) is 0 Å². The number of nitrogens with one attached hydrogen (secondary N) is 1. The number of ether oxygens (including phenoxy) is 1. The SMILES string of the molecule is C[C@@H]1COCCN1C(=O)c1cc2ccccc2[nH]1. The van der Waals surface area contributed by atoms with Gasteiger partial charge in [0.05, 0.1) is 19.3 Å². The number of H-pyrrole nitrogens is 1. The summed E-state index contributed by atoms with van der Waals surface area (Å²) in [6.45, 7) is 3.91. The standard InChI is InChI=1S/C14H16N2O2/c1-10-9-18-7-6-16(10)14(17)13-8-11-4-2-3-5-12(11)15-13/h2-5,8,10,15H,6-7,9H2,1H3/t10-/m1/s1. The number of para-hydroxylation sites is 1. The first-order valence-corrected chi connectivity index (χ1v) is 6.22. The molecular weight excluding hydrogens is 228 g/mol. The topological polar surface area (TPSA) is 45.3 Å². The zero-order valence-electron chi connectivity index (χ0n) is 10.3. The lowest BCUT2D eigenvalue weighted by atomic mass is 10.2. The van der Waals surface area contributed by atoms with Gasteiger partial charge in [-0.2, -0.15) is 0 Å². The molecule has 1 N–H and O–H groups in total. The van der Waals surface area contributed by atoms with Crippen LogP contribution in [-0.2, 0) is 4.74 Å². The highest BCUT2D eigenvalue weighted by molar-refractivity contribution is 5.98. The number of hydrogen-bond acceptors (Lipinski definition) is 2. The number of amides is 1. The molecule has 0 bridgehead atoms. The summed E-state index contributed by atoms with van der Waals surface area (Å²) in [6.07, 6.45) is 0. The van der Waals surface area contributed by atoms with E-state index in [-0.39, 0.29) is 11.9 Å². The molecule has 1 aliphatic rings. The number of rotatable bonds is 1. The Kier molecular flexibility index (Phi) is 2.80. The predicted octanol–water partition coefficient (Wildman–Crippen LogP) is 2.03. The zero-order valence-corrected chi connectivity index (χ0v) is 10.3. The Balaban J connectivity index is 1.91. The maximum Gasteiger partial charge on any atom is 0.270 e. The van der Waals surface area contributed by atoms with Gasteiger partial charge in [0, 0.05) is 17.4 Å². The van der Waals surface area contributed by atoms with Crippen molar-refractivity contribution in [3.05, 3.63) is 36.0 Å². The van der Waals surface area contributed by atoms with Crippen LogP contribution in [0.25, 0.3) is 10.9 Å². The van der Waals surface area contributed by atoms with E-state index < -0.39 is 0 Å².